The van der Waals surface area contributed by atoms with Crippen LogP contribution in [0.2, 0.25) is 0 Å². The summed E-state index contributed by atoms with van der Waals surface area (Å²) >= 11 is 0. The molecule has 2 unspecified atom stereocenters. The number of hydrogen-bond acceptors (Lipinski definition) is 6. The lowest BCUT2D eigenvalue weighted by Gasteiger charge is -2.42. The number of hydrogen-bond donors (Lipinski definition) is 1. The predicted octanol–water partition coefficient (Wildman–Crippen LogP) is 2.75. The molecular weight excluding hydrogens is 409 g/mol. The van der Waals surface area contributed by atoms with Gasteiger partial charge in [-0.25, -0.2) is 4.39 Å². The molecule has 2 aliphatic rings. The van der Waals surface area contributed by atoms with Crippen molar-refractivity contribution in [3.8, 4) is 5.75 Å². The van der Waals surface area contributed by atoms with Gasteiger partial charge in [-0.05, 0) is 36.6 Å². The first-order valence-electron chi connectivity index (χ1n) is 10.9. The molecule has 2 aromatic heterocycles. The molecule has 2 aliphatic heterocycles. The number of ether oxygens (including phenoxy) is 1. The van der Waals surface area contributed by atoms with Crippen molar-refractivity contribution in [1.29, 1.82) is 0 Å². The average Bonchev–Trinajstić information content (AvgIpc) is 3.07. The van der Waals surface area contributed by atoms with Gasteiger partial charge in [-0.3, -0.25) is 14.8 Å². The van der Waals surface area contributed by atoms with Crippen LogP contribution >= 0.6 is 0 Å². The fourth-order valence-corrected chi connectivity index (χ4v) is 4.95. The summed E-state index contributed by atoms with van der Waals surface area (Å²) < 4.78 is 19.6. The number of benzene rings is 1. The number of carbonyl (C=O) groups is 1. The van der Waals surface area contributed by atoms with Crippen LogP contribution in [0.3, 0.4) is 0 Å². The number of nitrogens with zero attached hydrogens (tertiary/aromatic N) is 4. The van der Waals surface area contributed by atoms with Crippen molar-refractivity contribution >= 4 is 22.5 Å². The van der Waals surface area contributed by atoms with E-state index in [1.54, 1.807) is 25.6 Å². The molecule has 2 atom stereocenters. The summed E-state index contributed by atoms with van der Waals surface area (Å²) in [4.78, 5) is 25.3. The first kappa shape index (κ1) is 20.6. The van der Waals surface area contributed by atoms with E-state index in [4.69, 9.17) is 4.74 Å². The number of nitrogens with one attached hydrogen (secondary N) is 1. The molecule has 2 saturated heterocycles. The monoisotopic (exact) mass is 435 g/mol. The zero-order valence-corrected chi connectivity index (χ0v) is 18.0. The number of amides is 1. The summed E-state index contributed by atoms with van der Waals surface area (Å²) in [6.45, 7) is 2.06. The number of fused-ring (bicyclic) bond motifs is 3. The van der Waals surface area contributed by atoms with Crippen LogP contribution in [0.1, 0.15) is 18.4 Å². The summed E-state index contributed by atoms with van der Waals surface area (Å²) in [6.07, 6.45) is 6.52. The second-order valence-corrected chi connectivity index (χ2v) is 8.38. The van der Waals surface area contributed by atoms with Gasteiger partial charge in [0.25, 0.3) is 0 Å². The highest BCUT2D eigenvalue weighted by Gasteiger charge is 2.42. The van der Waals surface area contributed by atoms with Crippen LogP contribution in [0, 0.1) is 5.82 Å². The molecule has 0 radical (unpaired) electrons. The molecule has 5 rings (SSSR count). The predicted molar refractivity (Wildman–Crippen MR) is 120 cm³/mol. The van der Waals surface area contributed by atoms with E-state index in [1.165, 1.54) is 6.20 Å². The van der Waals surface area contributed by atoms with E-state index in [0.29, 0.717) is 31.1 Å². The van der Waals surface area contributed by atoms with Gasteiger partial charge in [0.15, 0.2) is 5.82 Å². The quantitative estimate of drug-likeness (QED) is 0.642. The summed E-state index contributed by atoms with van der Waals surface area (Å²) in [5.41, 5.74) is 2.56. The number of aromatic nitrogens is 2. The smallest absolute Gasteiger partial charge is 0.236 e. The van der Waals surface area contributed by atoms with Crippen molar-refractivity contribution in [3.05, 3.63) is 60.3 Å². The second-order valence-electron chi connectivity index (χ2n) is 8.38. The molecular formula is C24H26FN5O2. The Morgan fingerprint density at radius 3 is 2.78 bits per heavy atom. The zero-order chi connectivity index (χ0) is 22.1. The highest BCUT2D eigenvalue weighted by molar-refractivity contribution is 5.83. The van der Waals surface area contributed by atoms with Crippen molar-refractivity contribution in [3.63, 3.8) is 0 Å². The van der Waals surface area contributed by atoms with Gasteiger partial charge in [-0.1, -0.05) is 12.1 Å². The first-order valence-corrected chi connectivity index (χ1v) is 10.9. The normalized spacial score (nSPS) is 20.1. The number of piperazine rings is 1. The van der Waals surface area contributed by atoms with Crippen molar-refractivity contribution < 1.29 is 13.9 Å². The van der Waals surface area contributed by atoms with Crippen LogP contribution in [-0.4, -0.2) is 59.6 Å². The van der Waals surface area contributed by atoms with E-state index >= 15 is 0 Å². The number of halogens is 1. The minimum absolute atomic E-state index is 0.0766. The Balaban J connectivity index is 1.21. The third-order valence-electron chi connectivity index (χ3n) is 6.48. The largest absolute Gasteiger partial charge is 0.495 e. The fourth-order valence-electron chi connectivity index (χ4n) is 4.95. The van der Waals surface area contributed by atoms with Crippen LogP contribution in [0.5, 0.6) is 5.75 Å². The molecule has 32 heavy (non-hydrogen) atoms. The van der Waals surface area contributed by atoms with Crippen molar-refractivity contribution in [2.24, 2.45) is 0 Å². The van der Waals surface area contributed by atoms with Gasteiger partial charge in [0.2, 0.25) is 5.91 Å². The van der Waals surface area contributed by atoms with E-state index in [0.717, 1.165) is 29.3 Å². The highest BCUT2D eigenvalue weighted by atomic mass is 19.1. The maximum atomic E-state index is 14.3. The van der Waals surface area contributed by atoms with Gasteiger partial charge in [0.05, 0.1) is 37.3 Å². The number of methoxy groups -OCH3 is 1. The molecule has 166 valence electrons. The lowest BCUT2D eigenvalue weighted by molar-refractivity contribution is -0.131. The van der Waals surface area contributed by atoms with Crippen LogP contribution in [-0.2, 0) is 11.3 Å². The highest BCUT2D eigenvalue weighted by Crippen LogP contribution is 2.35. The Bertz CT molecular complexity index is 1130. The molecule has 3 aromatic rings. The van der Waals surface area contributed by atoms with Gasteiger partial charge in [0, 0.05) is 43.3 Å². The zero-order valence-electron chi connectivity index (χ0n) is 18.0. The lowest BCUT2D eigenvalue weighted by Crippen LogP contribution is -2.57. The third-order valence-corrected chi connectivity index (χ3v) is 6.48. The maximum absolute atomic E-state index is 14.3. The summed E-state index contributed by atoms with van der Waals surface area (Å²) in [6, 6.07) is 9.95. The Labute approximate surface area is 186 Å². The van der Waals surface area contributed by atoms with Gasteiger partial charge >= 0.3 is 0 Å². The van der Waals surface area contributed by atoms with E-state index < -0.39 is 0 Å². The average molecular weight is 436 g/mol. The lowest BCUT2D eigenvalue weighted by atomic mass is 10.1. The molecule has 0 spiro atoms. The fraction of sp³-hybridized carbons (Fsp3) is 0.375. The Morgan fingerprint density at radius 2 is 2.03 bits per heavy atom. The van der Waals surface area contributed by atoms with Crippen LogP contribution < -0.4 is 15.0 Å². The molecule has 1 amide bonds. The van der Waals surface area contributed by atoms with Gasteiger partial charge in [-0.15, -0.1) is 0 Å². The Morgan fingerprint density at radius 1 is 1.22 bits per heavy atom. The minimum Gasteiger partial charge on any atom is -0.495 e. The molecule has 1 aromatic carbocycles. The molecule has 4 heterocycles. The molecule has 1 N–H and O–H groups in total. The molecule has 7 nitrogen and oxygen atoms in total. The Hall–Kier alpha value is -3.26. The topological polar surface area (TPSA) is 70.6 Å². The van der Waals surface area contributed by atoms with Crippen LogP contribution in [0.15, 0.2) is 48.9 Å². The molecule has 2 fully saturated rings. The molecule has 0 aliphatic carbocycles. The number of rotatable bonds is 6. The molecule has 0 saturated carbocycles. The first-order chi connectivity index (χ1) is 15.6. The molecule has 2 bridgehead atoms. The number of anilines is 1. The Kier molecular flexibility index (Phi) is 5.61. The van der Waals surface area contributed by atoms with Crippen molar-refractivity contribution in [2.75, 3.05) is 31.6 Å². The van der Waals surface area contributed by atoms with Crippen molar-refractivity contribution in [1.82, 2.24) is 20.2 Å². The summed E-state index contributed by atoms with van der Waals surface area (Å²) in [7, 11) is 1.62. The third kappa shape index (κ3) is 3.86. The van der Waals surface area contributed by atoms with E-state index in [2.05, 4.69) is 20.2 Å². The van der Waals surface area contributed by atoms with Crippen LogP contribution in [0.4, 0.5) is 10.1 Å². The van der Waals surface area contributed by atoms with E-state index in [-0.39, 0.29) is 30.4 Å². The summed E-state index contributed by atoms with van der Waals surface area (Å²) in [5.74, 6) is 0.486. The maximum Gasteiger partial charge on any atom is 0.236 e. The van der Waals surface area contributed by atoms with Crippen LogP contribution in [0.25, 0.3) is 10.9 Å². The van der Waals surface area contributed by atoms with E-state index in [9.17, 15) is 9.18 Å². The summed E-state index contributed by atoms with van der Waals surface area (Å²) in [5, 5.41) is 4.30. The van der Waals surface area contributed by atoms with Gasteiger partial charge in [-0.2, -0.15) is 0 Å². The number of carbonyl (C=O) groups excluding carboxylic acids is 1. The van der Waals surface area contributed by atoms with E-state index in [1.807, 2.05) is 29.2 Å². The number of likely N-dealkylation sites (tertiary alicyclic amines) is 1. The number of pyridine rings is 2. The molecule has 8 heteroatoms. The SMILES string of the molecule is COc1cnc2cccc(CNCC(=O)N3CC4CCC(C3)N4c3ccncc3F)c2c1. The second kappa shape index (κ2) is 8.70. The minimum atomic E-state index is -0.299. The standard InChI is InChI=1S/C24H26FN5O2/c1-32-19-9-20-16(3-2-4-22(20)28-11-19)10-27-13-24(31)29-14-17-5-6-18(15-29)30(17)23-7-8-26-12-21(23)25/h2-4,7-9,11-12,17-18,27H,5-6,10,13-15H2,1H3. The van der Waals surface area contributed by atoms with Gasteiger partial charge < -0.3 is 19.9 Å². The van der Waals surface area contributed by atoms with Gasteiger partial charge in [0.1, 0.15) is 5.75 Å². The van der Waals surface area contributed by atoms with Crippen molar-refractivity contribution in [2.45, 2.75) is 31.5 Å².